The van der Waals surface area contributed by atoms with Crippen molar-refractivity contribution in [2.45, 2.75) is 19.9 Å². The lowest BCUT2D eigenvalue weighted by Crippen LogP contribution is -2.59. The van der Waals surface area contributed by atoms with E-state index in [-0.39, 0.29) is 11.5 Å². The Morgan fingerprint density at radius 1 is 1.48 bits per heavy atom. The van der Waals surface area contributed by atoms with E-state index in [1.165, 1.54) is 17.0 Å². The molecule has 0 bridgehead atoms. The van der Waals surface area contributed by atoms with E-state index < -0.39 is 17.8 Å². The molecule has 0 spiro atoms. The van der Waals surface area contributed by atoms with Gasteiger partial charge in [0.15, 0.2) is 0 Å². The van der Waals surface area contributed by atoms with Crippen molar-refractivity contribution >= 4 is 11.8 Å². The van der Waals surface area contributed by atoms with Crippen molar-refractivity contribution in [3.8, 4) is 0 Å². The van der Waals surface area contributed by atoms with Crippen LogP contribution in [0.4, 0.5) is 4.39 Å². The van der Waals surface area contributed by atoms with Gasteiger partial charge in [0.2, 0.25) is 5.91 Å². The first-order valence-electron chi connectivity index (χ1n) is 7.10. The second-order valence-electron chi connectivity index (χ2n) is 5.10. The van der Waals surface area contributed by atoms with Crippen LogP contribution >= 0.6 is 0 Å². The highest BCUT2D eigenvalue weighted by Crippen LogP contribution is 2.15. The Bertz CT molecular complexity index is 548. The minimum absolute atomic E-state index is 0.0109. The monoisotopic (exact) mass is 293 g/mol. The quantitative estimate of drug-likeness (QED) is 0.862. The number of amides is 2. The molecule has 0 aliphatic carbocycles. The second-order valence-corrected chi connectivity index (χ2v) is 5.10. The van der Waals surface area contributed by atoms with Crippen LogP contribution < -0.4 is 10.6 Å². The molecule has 1 heterocycles. The summed E-state index contributed by atoms with van der Waals surface area (Å²) in [6, 6.07) is 3.90. The summed E-state index contributed by atoms with van der Waals surface area (Å²) in [6.07, 6.45) is 0. The highest BCUT2D eigenvalue weighted by molar-refractivity contribution is 5.98. The van der Waals surface area contributed by atoms with Gasteiger partial charge in [0.05, 0.1) is 5.56 Å². The molecule has 21 heavy (non-hydrogen) atoms. The van der Waals surface area contributed by atoms with Crippen molar-refractivity contribution in [3.05, 3.63) is 35.1 Å². The summed E-state index contributed by atoms with van der Waals surface area (Å²) in [5.74, 6) is -1.20. The fourth-order valence-corrected chi connectivity index (χ4v) is 2.42. The SMILES string of the molecule is CCNC(=O)C1CNCCN1C(=O)c1ccc(C)cc1F. The summed E-state index contributed by atoms with van der Waals surface area (Å²) in [5, 5.41) is 5.79. The Morgan fingerprint density at radius 2 is 2.24 bits per heavy atom. The third kappa shape index (κ3) is 3.39. The number of nitrogens with zero attached hydrogens (tertiary/aromatic N) is 1. The fourth-order valence-electron chi connectivity index (χ4n) is 2.42. The summed E-state index contributed by atoms with van der Waals surface area (Å²) in [6.45, 7) is 5.43. The highest BCUT2D eigenvalue weighted by Gasteiger charge is 2.33. The minimum atomic E-state index is -0.605. The molecule has 5 nitrogen and oxygen atoms in total. The molecule has 2 rings (SSSR count). The zero-order valence-corrected chi connectivity index (χ0v) is 12.3. The van der Waals surface area contributed by atoms with Crippen molar-refractivity contribution in [1.29, 1.82) is 0 Å². The van der Waals surface area contributed by atoms with Gasteiger partial charge >= 0.3 is 0 Å². The first kappa shape index (κ1) is 15.4. The first-order chi connectivity index (χ1) is 10.0. The number of nitrogens with one attached hydrogen (secondary N) is 2. The van der Waals surface area contributed by atoms with E-state index in [2.05, 4.69) is 10.6 Å². The Balaban J connectivity index is 2.24. The summed E-state index contributed by atoms with van der Waals surface area (Å²) < 4.78 is 14.0. The van der Waals surface area contributed by atoms with Gasteiger partial charge in [0.1, 0.15) is 11.9 Å². The van der Waals surface area contributed by atoms with Gasteiger partial charge < -0.3 is 15.5 Å². The summed E-state index contributed by atoms with van der Waals surface area (Å²) in [5.41, 5.74) is 0.765. The molecule has 1 unspecified atom stereocenters. The molecule has 6 heteroatoms. The van der Waals surface area contributed by atoms with Gasteiger partial charge in [-0.3, -0.25) is 9.59 Å². The van der Waals surface area contributed by atoms with E-state index in [1.807, 2.05) is 6.92 Å². The highest BCUT2D eigenvalue weighted by atomic mass is 19.1. The van der Waals surface area contributed by atoms with Crippen LogP contribution in [0, 0.1) is 12.7 Å². The number of hydrogen-bond donors (Lipinski definition) is 2. The van der Waals surface area contributed by atoms with Crippen molar-refractivity contribution in [3.63, 3.8) is 0 Å². The summed E-state index contributed by atoms with van der Waals surface area (Å²) in [4.78, 5) is 26.0. The number of hydrogen-bond acceptors (Lipinski definition) is 3. The van der Waals surface area contributed by atoms with Gasteiger partial charge in [-0.25, -0.2) is 4.39 Å². The minimum Gasteiger partial charge on any atom is -0.355 e. The van der Waals surface area contributed by atoms with E-state index in [4.69, 9.17) is 0 Å². The molecule has 0 saturated carbocycles. The summed E-state index contributed by atoms with van der Waals surface area (Å²) in [7, 11) is 0. The maximum atomic E-state index is 14.0. The van der Waals surface area contributed by atoms with Crippen LogP contribution in [0.2, 0.25) is 0 Å². The van der Waals surface area contributed by atoms with Gasteiger partial charge in [-0.15, -0.1) is 0 Å². The smallest absolute Gasteiger partial charge is 0.257 e. The van der Waals surface area contributed by atoms with Gasteiger partial charge in [-0.1, -0.05) is 6.07 Å². The normalized spacial score (nSPS) is 18.4. The average molecular weight is 293 g/mol. The topological polar surface area (TPSA) is 61.4 Å². The van der Waals surface area contributed by atoms with Crippen LogP contribution in [0.25, 0.3) is 0 Å². The van der Waals surface area contributed by atoms with E-state index >= 15 is 0 Å². The van der Waals surface area contributed by atoms with Gasteiger partial charge in [0.25, 0.3) is 5.91 Å². The third-order valence-corrected chi connectivity index (χ3v) is 3.51. The molecule has 0 aromatic heterocycles. The lowest BCUT2D eigenvalue weighted by atomic mass is 10.1. The largest absolute Gasteiger partial charge is 0.355 e. The molecule has 1 saturated heterocycles. The Hall–Kier alpha value is -1.95. The van der Waals surface area contributed by atoms with Crippen LogP contribution in [0.3, 0.4) is 0 Å². The summed E-state index contributed by atoms with van der Waals surface area (Å²) >= 11 is 0. The first-order valence-corrected chi connectivity index (χ1v) is 7.10. The van der Waals surface area contributed by atoms with Crippen LogP contribution in [-0.4, -0.2) is 48.9 Å². The van der Waals surface area contributed by atoms with Crippen molar-refractivity contribution in [1.82, 2.24) is 15.5 Å². The van der Waals surface area contributed by atoms with Gasteiger partial charge in [-0.05, 0) is 31.5 Å². The number of benzene rings is 1. The maximum Gasteiger partial charge on any atom is 0.257 e. The molecule has 1 aromatic rings. The number of likely N-dealkylation sites (N-methyl/N-ethyl adjacent to an activating group) is 1. The van der Waals surface area contributed by atoms with E-state index in [1.54, 1.807) is 13.0 Å². The number of halogens is 1. The maximum absolute atomic E-state index is 14.0. The van der Waals surface area contributed by atoms with Crippen LogP contribution in [0.1, 0.15) is 22.8 Å². The number of aryl methyl sites for hydroxylation is 1. The third-order valence-electron chi connectivity index (χ3n) is 3.51. The van der Waals surface area contributed by atoms with Crippen LogP contribution in [0.15, 0.2) is 18.2 Å². The van der Waals surface area contributed by atoms with E-state index in [0.29, 0.717) is 26.2 Å². The standard InChI is InChI=1S/C15H20FN3O2/c1-3-18-14(20)13-9-17-6-7-19(13)15(21)11-5-4-10(2)8-12(11)16/h4-5,8,13,17H,3,6-7,9H2,1-2H3,(H,18,20). The molecule has 1 atom stereocenters. The van der Waals surface area contributed by atoms with Crippen molar-refractivity contribution < 1.29 is 14.0 Å². The molecule has 2 amide bonds. The Kier molecular flexibility index (Phi) is 4.90. The molecule has 1 aliphatic heterocycles. The van der Waals surface area contributed by atoms with Gasteiger partial charge in [-0.2, -0.15) is 0 Å². The number of carbonyl (C=O) groups is 2. The van der Waals surface area contributed by atoms with Crippen molar-refractivity contribution in [2.75, 3.05) is 26.2 Å². The molecule has 114 valence electrons. The lowest BCUT2D eigenvalue weighted by molar-refractivity contribution is -0.126. The number of rotatable bonds is 3. The molecular formula is C15H20FN3O2. The molecular weight excluding hydrogens is 273 g/mol. The molecule has 0 radical (unpaired) electrons. The molecule has 1 fully saturated rings. The Morgan fingerprint density at radius 3 is 2.90 bits per heavy atom. The van der Waals surface area contributed by atoms with Crippen LogP contribution in [-0.2, 0) is 4.79 Å². The van der Waals surface area contributed by atoms with E-state index in [0.717, 1.165) is 5.56 Å². The van der Waals surface area contributed by atoms with Crippen LogP contribution in [0.5, 0.6) is 0 Å². The van der Waals surface area contributed by atoms with E-state index in [9.17, 15) is 14.0 Å². The number of carbonyl (C=O) groups excluding carboxylic acids is 2. The molecule has 1 aromatic carbocycles. The predicted molar refractivity (Wildman–Crippen MR) is 77.5 cm³/mol. The van der Waals surface area contributed by atoms with Crippen molar-refractivity contribution in [2.24, 2.45) is 0 Å². The second kappa shape index (κ2) is 6.67. The molecule has 1 aliphatic rings. The van der Waals surface area contributed by atoms with Gasteiger partial charge in [0, 0.05) is 26.2 Å². The predicted octanol–water partition coefficient (Wildman–Crippen LogP) is 0.684. The fraction of sp³-hybridized carbons (Fsp3) is 0.467. The zero-order chi connectivity index (χ0) is 15.4. The number of piperazine rings is 1. The zero-order valence-electron chi connectivity index (χ0n) is 12.3. The lowest BCUT2D eigenvalue weighted by Gasteiger charge is -2.35. The Labute approximate surface area is 123 Å². The average Bonchev–Trinajstić information content (AvgIpc) is 2.47. The molecule has 2 N–H and O–H groups in total.